The van der Waals surface area contributed by atoms with E-state index in [4.69, 9.17) is 0 Å². The van der Waals surface area contributed by atoms with Crippen LogP contribution in [0.1, 0.15) is 20.3 Å². The number of rotatable bonds is 3. The molecular formula is C6H12N2O2. The number of nitrogens with zero attached hydrogens (tertiary/aromatic N) is 1. The largest absolute Gasteiger partial charge is 0.430 e. The van der Waals surface area contributed by atoms with Gasteiger partial charge in [-0.15, -0.1) is 0 Å². The second-order valence-electron chi connectivity index (χ2n) is 2.33. The number of primary amides is 1. The molecule has 4 nitrogen and oxygen atoms in total. The zero-order valence-corrected chi connectivity index (χ0v) is 6.20. The molecule has 4 heteroatoms. The summed E-state index contributed by atoms with van der Waals surface area (Å²) in [6, 6.07) is 0. The van der Waals surface area contributed by atoms with Crippen LogP contribution in [0.15, 0.2) is 5.16 Å². The molecule has 0 atom stereocenters. The van der Waals surface area contributed by atoms with Crippen LogP contribution in [-0.4, -0.2) is 12.3 Å². The highest BCUT2D eigenvalue weighted by molar-refractivity contribution is 5.66. The summed E-state index contributed by atoms with van der Waals surface area (Å²) in [5, 5.41) is 3.31. The quantitative estimate of drug-likeness (QED) is 0.366. The predicted octanol–water partition coefficient (Wildman–Crippen LogP) is 1.11. The third-order valence-corrected chi connectivity index (χ3v) is 0.794. The molecule has 0 aromatic rings. The van der Waals surface area contributed by atoms with Gasteiger partial charge in [-0.25, -0.2) is 4.79 Å². The molecule has 0 aromatic carbocycles. The van der Waals surface area contributed by atoms with Crippen LogP contribution in [0.4, 0.5) is 4.79 Å². The first-order valence-electron chi connectivity index (χ1n) is 3.11. The van der Waals surface area contributed by atoms with Crippen LogP contribution in [0.2, 0.25) is 0 Å². The van der Waals surface area contributed by atoms with Gasteiger partial charge in [0.2, 0.25) is 0 Å². The summed E-state index contributed by atoms with van der Waals surface area (Å²) in [5.74, 6) is 0.514. The Balaban J connectivity index is 3.29. The Labute approximate surface area is 60.0 Å². The minimum atomic E-state index is -0.875. The molecule has 10 heavy (non-hydrogen) atoms. The van der Waals surface area contributed by atoms with Crippen molar-refractivity contribution >= 4 is 12.3 Å². The molecule has 1 amide bonds. The molecule has 2 N–H and O–H groups in total. The van der Waals surface area contributed by atoms with Crippen LogP contribution < -0.4 is 5.73 Å². The van der Waals surface area contributed by atoms with Crippen molar-refractivity contribution in [2.24, 2.45) is 16.8 Å². The van der Waals surface area contributed by atoms with E-state index in [1.165, 1.54) is 6.21 Å². The molecule has 0 bridgehead atoms. The lowest BCUT2D eigenvalue weighted by molar-refractivity contribution is 0.162. The lowest BCUT2D eigenvalue weighted by Gasteiger charge is -1.94. The molecule has 0 aliphatic heterocycles. The molecule has 0 rings (SSSR count). The summed E-state index contributed by atoms with van der Waals surface area (Å²) >= 11 is 0. The van der Waals surface area contributed by atoms with Gasteiger partial charge >= 0.3 is 6.09 Å². The summed E-state index contributed by atoms with van der Waals surface area (Å²) in [5.41, 5.74) is 4.63. The number of carbonyl (C=O) groups excluding carboxylic acids is 1. The van der Waals surface area contributed by atoms with Crippen LogP contribution in [-0.2, 0) is 4.84 Å². The summed E-state index contributed by atoms with van der Waals surface area (Å²) < 4.78 is 0. The van der Waals surface area contributed by atoms with Gasteiger partial charge in [0.1, 0.15) is 0 Å². The number of hydrogen-bond donors (Lipinski definition) is 1. The van der Waals surface area contributed by atoms with Crippen LogP contribution in [0.3, 0.4) is 0 Å². The number of carbonyl (C=O) groups is 1. The molecule has 0 unspecified atom stereocenters. The Bertz CT molecular complexity index is 132. The monoisotopic (exact) mass is 144 g/mol. The number of hydrogen-bond acceptors (Lipinski definition) is 3. The Morgan fingerprint density at radius 2 is 2.40 bits per heavy atom. The summed E-state index contributed by atoms with van der Waals surface area (Å²) in [6.07, 6.45) is 1.43. The highest BCUT2D eigenvalue weighted by atomic mass is 16.7. The average molecular weight is 144 g/mol. The van der Waals surface area contributed by atoms with Gasteiger partial charge in [0.05, 0.1) is 0 Å². The molecule has 0 aliphatic carbocycles. The zero-order valence-electron chi connectivity index (χ0n) is 6.20. The number of amides is 1. The average Bonchev–Trinajstić information content (AvgIpc) is 1.79. The number of oxime groups is 1. The van der Waals surface area contributed by atoms with Gasteiger partial charge in [-0.05, 0) is 12.3 Å². The molecule has 58 valence electrons. The van der Waals surface area contributed by atoms with Crippen LogP contribution in [0, 0.1) is 5.92 Å². The van der Waals surface area contributed by atoms with E-state index in [2.05, 4.69) is 15.7 Å². The van der Waals surface area contributed by atoms with E-state index in [0.717, 1.165) is 6.42 Å². The second kappa shape index (κ2) is 4.78. The van der Waals surface area contributed by atoms with Crippen molar-refractivity contribution < 1.29 is 9.63 Å². The highest BCUT2D eigenvalue weighted by Gasteiger charge is 1.89. The molecule has 0 saturated carbocycles. The zero-order chi connectivity index (χ0) is 7.98. The van der Waals surface area contributed by atoms with E-state index >= 15 is 0 Å². The topological polar surface area (TPSA) is 64.7 Å². The fraction of sp³-hybridized carbons (Fsp3) is 0.667. The van der Waals surface area contributed by atoms with Crippen LogP contribution in [0.5, 0.6) is 0 Å². The van der Waals surface area contributed by atoms with Crippen LogP contribution >= 0.6 is 0 Å². The summed E-state index contributed by atoms with van der Waals surface area (Å²) in [6.45, 7) is 4.08. The maximum absolute atomic E-state index is 9.93. The first kappa shape index (κ1) is 8.94. The van der Waals surface area contributed by atoms with Gasteiger partial charge in [-0.3, -0.25) is 4.84 Å². The molecule has 0 fully saturated rings. The maximum Gasteiger partial charge on any atom is 0.430 e. The summed E-state index contributed by atoms with van der Waals surface area (Å²) in [7, 11) is 0. The Hall–Kier alpha value is -1.06. The molecule has 0 spiro atoms. The molecule has 0 heterocycles. The highest BCUT2D eigenvalue weighted by Crippen LogP contribution is 1.94. The molecule has 0 aliphatic rings. The molecule has 0 radical (unpaired) electrons. The lowest BCUT2D eigenvalue weighted by atomic mass is 10.2. The normalized spacial score (nSPS) is 10.7. The Morgan fingerprint density at radius 3 is 2.80 bits per heavy atom. The van der Waals surface area contributed by atoms with Gasteiger partial charge in [0.15, 0.2) is 0 Å². The maximum atomic E-state index is 9.93. The third-order valence-electron chi connectivity index (χ3n) is 0.794. The molecule has 0 saturated heterocycles. The minimum absolute atomic E-state index is 0.514. The molecular weight excluding hydrogens is 132 g/mol. The second-order valence-corrected chi connectivity index (χ2v) is 2.33. The minimum Gasteiger partial charge on any atom is -0.333 e. The fourth-order valence-corrected chi connectivity index (χ4v) is 0.343. The van der Waals surface area contributed by atoms with E-state index in [-0.39, 0.29) is 0 Å². The first-order valence-corrected chi connectivity index (χ1v) is 3.11. The first-order chi connectivity index (χ1) is 4.63. The van der Waals surface area contributed by atoms with E-state index in [1.807, 2.05) is 13.8 Å². The van der Waals surface area contributed by atoms with Gasteiger partial charge in [-0.1, -0.05) is 19.0 Å². The van der Waals surface area contributed by atoms with Crippen molar-refractivity contribution in [3.63, 3.8) is 0 Å². The van der Waals surface area contributed by atoms with Crippen molar-refractivity contribution in [3.05, 3.63) is 0 Å². The standard InChI is InChI=1S/C6H12N2O2/c1-5(2)3-4-8-10-6(7)9/h4-5H,3H2,1-2H3,(H2,7,9)/b8-4-. The lowest BCUT2D eigenvalue weighted by Crippen LogP contribution is -2.09. The summed E-state index contributed by atoms with van der Waals surface area (Å²) in [4.78, 5) is 14.0. The van der Waals surface area contributed by atoms with Gasteiger partial charge in [0, 0.05) is 6.21 Å². The molecule has 0 aromatic heterocycles. The fourth-order valence-electron chi connectivity index (χ4n) is 0.343. The van der Waals surface area contributed by atoms with Crippen molar-refractivity contribution in [1.29, 1.82) is 0 Å². The van der Waals surface area contributed by atoms with Crippen molar-refractivity contribution in [2.75, 3.05) is 0 Å². The SMILES string of the molecule is CC(C)C/C=N\OC(N)=O. The van der Waals surface area contributed by atoms with Crippen molar-refractivity contribution in [2.45, 2.75) is 20.3 Å². The van der Waals surface area contributed by atoms with E-state index < -0.39 is 6.09 Å². The predicted molar refractivity (Wildman–Crippen MR) is 38.6 cm³/mol. The van der Waals surface area contributed by atoms with E-state index in [1.54, 1.807) is 0 Å². The number of nitrogens with two attached hydrogens (primary N) is 1. The van der Waals surface area contributed by atoms with Crippen molar-refractivity contribution in [3.8, 4) is 0 Å². The van der Waals surface area contributed by atoms with Gasteiger partial charge in [0.25, 0.3) is 0 Å². The van der Waals surface area contributed by atoms with E-state index in [9.17, 15) is 4.79 Å². The Kier molecular flexibility index (Phi) is 4.28. The third kappa shape index (κ3) is 6.94. The van der Waals surface area contributed by atoms with Gasteiger partial charge in [-0.2, -0.15) is 0 Å². The smallest absolute Gasteiger partial charge is 0.333 e. The Morgan fingerprint density at radius 1 is 1.80 bits per heavy atom. The van der Waals surface area contributed by atoms with Crippen molar-refractivity contribution in [1.82, 2.24) is 0 Å². The van der Waals surface area contributed by atoms with Gasteiger partial charge < -0.3 is 5.73 Å². The van der Waals surface area contributed by atoms with E-state index in [0.29, 0.717) is 5.92 Å². The van der Waals surface area contributed by atoms with Crippen LogP contribution in [0.25, 0.3) is 0 Å².